The molecule has 0 aliphatic heterocycles. The Morgan fingerprint density at radius 1 is 1.11 bits per heavy atom. The zero-order valence-corrected chi connectivity index (χ0v) is 12.2. The number of nitrogens with one attached hydrogen (secondary N) is 1. The van der Waals surface area contributed by atoms with Gasteiger partial charge in [0.25, 0.3) is 0 Å². The third kappa shape index (κ3) is 5.05. The van der Waals surface area contributed by atoms with E-state index in [0.717, 1.165) is 12.8 Å². The maximum Gasteiger partial charge on any atom is 0.0284 e. The first-order valence-electron chi connectivity index (χ1n) is 6.99. The first-order valence-corrected chi connectivity index (χ1v) is 6.99. The van der Waals surface area contributed by atoms with Crippen LogP contribution in [0.3, 0.4) is 0 Å². The van der Waals surface area contributed by atoms with E-state index >= 15 is 0 Å². The summed E-state index contributed by atoms with van der Waals surface area (Å²) in [7, 11) is 0. The summed E-state index contributed by atoms with van der Waals surface area (Å²) >= 11 is 0. The van der Waals surface area contributed by atoms with E-state index in [1.54, 1.807) is 0 Å². The predicted octanol–water partition coefficient (Wildman–Crippen LogP) is 4.20. The van der Waals surface area contributed by atoms with E-state index in [0.29, 0.717) is 18.0 Å². The topological polar surface area (TPSA) is 12.0 Å². The molecule has 0 aromatic heterocycles. The molecule has 0 aliphatic carbocycles. The van der Waals surface area contributed by atoms with Crippen LogP contribution in [0.1, 0.15) is 39.7 Å². The minimum absolute atomic E-state index is 0.421. The molecule has 0 saturated carbocycles. The third-order valence-corrected chi connectivity index (χ3v) is 3.29. The van der Waals surface area contributed by atoms with Crippen molar-refractivity contribution in [1.29, 1.82) is 0 Å². The molecule has 100 valence electrons. The normalized spacial score (nSPS) is 13.0. The van der Waals surface area contributed by atoms with Gasteiger partial charge in [-0.2, -0.15) is 0 Å². The summed E-state index contributed by atoms with van der Waals surface area (Å²) < 4.78 is 0. The van der Waals surface area contributed by atoms with Crippen molar-refractivity contribution in [3.8, 4) is 0 Å². The lowest BCUT2D eigenvalue weighted by Crippen LogP contribution is -2.37. The Kier molecular flexibility index (Phi) is 6.14. The van der Waals surface area contributed by atoms with Crippen molar-refractivity contribution in [2.75, 3.05) is 0 Å². The van der Waals surface area contributed by atoms with Crippen LogP contribution in [0.25, 0.3) is 0 Å². The smallest absolute Gasteiger partial charge is 0.0284 e. The van der Waals surface area contributed by atoms with E-state index in [4.69, 9.17) is 0 Å². The molecule has 1 rings (SSSR count). The average Bonchev–Trinajstić information content (AvgIpc) is 2.34. The van der Waals surface area contributed by atoms with Crippen molar-refractivity contribution in [2.24, 2.45) is 5.92 Å². The van der Waals surface area contributed by atoms with E-state index < -0.39 is 0 Å². The summed E-state index contributed by atoms with van der Waals surface area (Å²) in [5.41, 5.74) is 2.73. The molecule has 1 aromatic carbocycles. The lowest BCUT2D eigenvalue weighted by Gasteiger charge is -2.26. The maximum atomic E-state index is 4.26. The van der Waals surface area contributed by atoms with Crippen LogP contribution < -0.4 is 5.32 Å². The van der Waals surface area contributed by atoms with E-state index in [9.17, 15) is 0 Å². The minimum atomic E-state index is 0.421. The molecule has 0 saturated heterocycles. The molecule has 1 heteroatoms. The van der Waals surface area contributed by atoms with E-state index in [1.807, 2.05) is 0 Å². The number of hydrogen-bond acceptors (Lipinski definition) is 1. The molecule has 0 bridgehead atoms. The maximum absolute atomic E-state index is 4.26. The Hall–Kier alpha value is -1.08. The fourth-order valence-electron chi connectivity index (χ4n) is 2.14. The number of benzene rings is 1. The van der Waals surface area contributed by atoms with E-state index in [-0.39, 0.29) is 0 Å². The Morgan fingerprint density at radius 2 is 1.72 bits per heavy atom. The van der Waals surface area contributed by atoms with Gasteiger partial charge in [0, 0.05) is 12.1 Å². The second kappa shape index (κ2) is 7.38. The molecule has 0 heterocycles. The number of hydrogen-bond donors (Lipinski definition) is 1. The Labute approximate surface area is 112 Å². The van der Waals surface area contributed by atoms with Crippen molar-refractivity contribution in [3.63, 3.8) is 0 Å². The van der Waals surface area contributed by atoms with Crippen molar-refractivity contribution in [3.05, 3.63) is 48.0 Å². The molecular formula is C17H27N. The molecular weight excluding hydrogens is 218 g/mol. The number of aryl methyl sites for hydroxylation is 1. The van der Waals surface area contributed by atoms with Crippen LogP contribution in [0, 0.1) is 5.92 Å². The van der Waals surface area contributed by atoms with Gasteiger partial charge in [-0.15, -0.1) is 0 Å². The Balaban J connectivity index is 2.59. The minimum Gasteiger partial charge on any atom is -0.308 e. The molecule has 0 fully saturated rings. The second-order valence-corrected chi connectivity index (χ2v) is 5.63. The summed E-state index contributed by atoms with van der Waals surface area (Å²) in [5.74, 6) is 0.539. The monoisotopic (exact) mass is 245 g/mol. The largest absolute Gasteiger partial charge is 0.308 e. The van der Waals surface area contributed by atoms with Crippen LogP contribution in [0.5, 0.6) is 0 Å². The highest BCUT2D eigenvalue weighted by atomic mass is 14.9. The molecule has 1 aromatic rings. The van der Waals surface area contributed by atoms with Crippen molar-refractivity contribution >= 4 is 0 Å². The quantitative estimate of drug-likeness (QED) is 0.710. The molecule has 0 radical (unpaired) electrons. The van der Waals surface area contributed by atoms with Crippen LogP contribution in [0.2, 0.25) is 0 Å². The standard InChI is InChI=1S/C17H27N/c1-13(2)15(5)17(18-14(3)4)12-11-16-9-7-6-8-10-16/h6-10,13-14,17-18H,5,11-12H2,1-4H3. The average molecular weight is 245 g/mol. The van der Waals surface area contributed by atoms with Crippen LogP contribution in [0.4, 0.5) is 0 Å². The van der Waals surface area contributed by atoms with Crippen LogP contribution in [0.15, 0.2) is 42.5 Å². The van der Waals surface area contributed by atoms with Gasteiger partial charge in [-0.05, 0) is 24.3 Å². The van der Waals surface area contributed by atoms with Gasteiger partial charge in [-0.25, -0.2) is 0 Å². The SMILES string of the molecule is C=C(C(C)C)C(CCc1ccccc1)NC(C)C. The summed E-state index contributed by atoms with van der Waals surface area (Å²) in [6.45, 7) is 13.1. The van der Waals surface area contributed by atoms with Crippen molar-refractivity contribution in [2.45, 2.75) is 52.6 Å². The van der Waals surface area contributed by atoms with Gasteiger partial charge in [0.2, 0.25) is 0 Å². The highest BCUT2D eigenvalue weighted by Crippen LogP contribution is 2.17. The van der Waals surface area contributed by atoms with Gasteiger partial charge >= 0.3 is 0 Å². The highest BCUT2D eigenvalue weighted by molar-refractivity contribution is 5.16. The first kappa shape index (κ1) is 15.0. The molecule has 0 spiro atoms. The highest BCUT2D eigenvalue weighted by Gasteiger charge is 2.15. The van der Waals surface area contributed by atoms with Crippen LogP contribution in [-0.2, 0) is 6.42 Å². The summed E-state index contributed by atoms with van der Waals surface area (Å²) in [6.07, 6.45) is 2.23. The Morgan fingerprint density at radius 3 is 2.22 bits per heavy atom. The third-order valence-electron chi connectivity index (χ3n) is 3.29. The van der Waals surface area contributed by atoms with Gasteiger partial charge in [0.15, 0.2) is 0 Å². The van der Waals surface area contributed by atoms with Gasteiger partial charge in [0.05, 0.1) is 0 Å². The molecule has 1 nitrogen and oxygen atoms in total. The molecule has 0 amide bonds. The zero-order valence-electron chi connectivity index (χ0n) is 12.2. The van der Waals surface area contributed by atoms with E-state index in [2.05, 4.69) is 69.9 Å². The number of rotatable bonds is 7. The van der Waals surface area contributed by atoms with Crippen LogP contribution in [-0.4, -0.2) is 12.1 Å². The first-order chi connectivity index (χ1) is 8.50. The van der Waals surface area contributed by atoms with Gasteiger partial charge in [0.1, 0.15) is 0 Å². The summed E-state index contributed by atoms with van der Waals surface area (Å²) in [6, 6.07) is 11.6. The fourth-order valence-corrected chi connectivity index (χ4v) is 2.14. The lowest BCUT2D eigenvalue weighted by molar-refractivity contribution is 0.456. The molecule has 0 aliphatic rings. The predicted molar refractivity (Wildman–Crippen MR) is 80.8 cm³/mol. The summed E-state index contributed by atoms with van der Waals surface area (Å²) in [4.78, 5) is 0. The van der Waals surface area contributed by atoms with Crippen molar-refractivity contribution < 1.29 is 0 Å². The molecule has 1 atom stereocenters. The Bertz CT molecular complexity index is 351. The lowest BCUT2D eigenvalue weighted by atomic mass is 9.92. The van der Waals surface area contributed by atoms with Gasteiger partial charge < -0.3 is 5.32 Å². The molecule has 1 N–H and O–H groups in total. The fraction of sp³-hybridized carbons (Fsp3) is 0.529. The van der Waals surface area contributed by atoms with Gasteiger partial charge in [-0.1, -0.05) is 70.2 Å². The van der Waals surface area contributed by atoms with Crippen molar-refractivity contribution in [1.82, 2.24) is 5.32 Å². The van der Waals surface area contributed by atoms with Gasteiger partial charge in [-0.3, -0.25) is 0 Å². The second-order valence-electron chi connectivity index (χ2n) is 5.63. The zero-order chi connectivity index (χ0) is 13.5. The molecule has 1 unspecified atom stereocenters. The molecule has 18 heavy (non-hydrogen) atoms. The summed E-state index contributed by atoms with van der Waals surface area (Å²) in [5, 5.41) is 3.63. The van der Waals surface area contributed by atoms with E-state index in [1.165, 1.54) is 11.1 Å². The van der Waals surface area contributed by atoms with Crippen LogP contribution >= 0.6 is 0 Å².